The van der Waals surface area contributed by atoms with Crippen LogP contribution in [0.15, 0.2) is 53.7 Å². The van der Waals surface area contributed by atoms with E-state index in [4.69, 9.17) is 0 Å². The highest BCUT2D eigenvalue weighted by Gasteiger charge is 2.33. The Morgan fingerprint density at radius 2 is 1.97 bits per heavy atom. The van der Waals surface area contributed by atoms with Gasteiger partial charge in [-0.05, 0) is 61.8 Å². The summed E-state index contributed by atoms with van der Waals surface area (Å²) in [5.41, 5.74) is 3.96. The third-order valence-electron chi connectivity index (χ3n) is 6.27. The van der Waals surface area contributed by atoms with Crippen molar-refractivity contribution in [2.75, 3.05) is 24.2 Å². The number of fused-ring (bicyclic) bond motifs is 1. The normalized spacial score (nSPS) is 18.0. The van der Waals surface area contributed by atoms with E-state index < -0.39 is 0 Å². The zero-order valence-electron chi connectivity index (χ0n) is 18.0. The van der Waals surface area contributed by atoms with E-state index in [1.54, 1.807) is 17.2 Å². The maximum absolute atomic E-state index is 13.4. The Morgan fingerprint density at radius 1 is 1.09 bits per heavy atom. The molecule has 5 rings (SSSR count). The standard InChI is InChI=1S/C24H25N5O2S/c1-32-22-17(8-6-12-25-22)23(30)28-13-5-4-10-21(28)18-15-19(27-26-18)24(31)29-14-11-16-7-2-3-9-20(16)29/h2-3,6-9,12,15,21H,4-5,10-11,13-14H2,1H3,(H,26,27). The van der Waals surface area contributed by atoms with Crippen LogP contribution in [0.1, 0.15) is 57.4 Å². The molecule has 7 nitrogen and oxygen atoms in total. The summed E-state index contributed by atoms with van der Waals surface area (Å²) in [5.74, 6) is -0.133. The highest BCUT2D eigenvalue weighted by atomic mass is 32.2. The number of nitrogens with zero attached hydrogens (tertiary/aromatic N) is 4. The monoisotopic (exact) mass is 447 g/mol. The van der Waals surface area contributed by atoms with Crippen LogP contribution in [0, 0.1) is 0 Å². The van der Waals surface area contributed by atoms with Crippen molar-refractivity contribution in [3.05, 3.63) is 71.2 Å². The fourth-order valence-corrected chi connectivity index (χ4v) is 5.21. The van der Waals surface area contributed by atoms with Gasteiger partial charge in [-0.3, -0.25) is 14.7 Å². The maximum atomic E-state index is 13.4. The van der Waals surface area contributed by atoms with Gasteiger partial charge in [-0.15, -0.1) is 11.8 Å². The smallest absolute Gasteiger partial charge is 0.278 e. The summed E-state index contributed by atoms with van der Waals surface area (Å²) in [6, 6.07) is 13.3. The topological polar surface area (TPSA) is 82.2 Å². The highest BCUT2D eigenvalue weighted by Crippen LogP contribution is 2.34. The van der Waals surface area contributed by atoms with Gasteiger partial charge in [0, 0.05) is 25.0 Å². The number of H-pyrrole nitrogens is 1. The summed E-state index contributed by atoms with van der Waals surface area (Å²) in [6.45, 7) is 1.33. The molecule has 0 spiro atoms. The van der Waals surface area contributed by atoms with Gasteiger partial charge in [0.2, 0.25) is 0 Å². The minimum atomic E-state index is -0.133. The first-order valence-corrected chi connectivity index (χ1v) is 12.1. The van der Waals surface area contributed by atoms with Crippen LogP contribution < -0.4 is 4.90 Å². The fourth-order valence-electron chi connectivity index (χ4n) is 4.67. The lowest BCUT2D eigenvalue weighted by Gasteiger charge is -2.35. The molecule has 164 valence electrons. The molecule has 8 heteroatoms. The first-order valence-electron chi connectivity index (χ1n) is 10.9. The number of likely N-dealkylation sites (tertiary alicyclic amines) is 1. The SMILES string of the molecule is CSc1ncccc1C(=O)N1CCCCC1c1cc(C(=O)N2CCc3ccccc32)n[nH]1. The van der Waals surface area contributed by atoms with Crippen LogP contribution in [0.5, 0.6) is 0 Å². The molecule has 1 fully saturated rings. The molecule has 1 unspecified atom stereocenters. The molecular weight excluding hydrogens is 422 g/mol. The van der Waals surface area contributed by atoms with Crippen LogP contribution in [0.3, 0.4) is 0 Å². The van der Waals surface area contributed by atoms with Gasteiger partial charge in [-0.25, -0.2) is 4.98 Å². The molecule has 1 saturated heterocycles. The highest BCUT2D eigenvalue weighted by molar-refractivity contribution is 7.98. The lowest BCUT2D eigenvalue weighted by atomic mass is 9.98. The van der Waals surface area contributed by atoms with E-state index in [9.17, 15) is 9.59 Å². The fraction of sp³-hybridized carbons (Fsp3) is 0.333. The molecule has 0 bridgehead atoms. The molecule has 0 saturated carbocycles. The van der Waals surface area contributed by atoms with Crippen molar-refractivity contribution in [3.8, 4) is 0 Å². The number of piperidine rings is 1. The Balaban J connectivity index is 1.40. The molecule has 0 aliphatic carbocycles. The molecule has 2 aliphatic rings. The number of nitrogens with one attached hydrogen (secondary N) is 1. The molecule has 0 radical (unpaired) electrons. The van der Waals surface area contributed by atoms with Crippen molar-refractivity contribution in [3.63, 3.8) is 0 Å². The Morgan fingerprint density at radius 3 is 2.84 bits per heavy atom. The Labute approximate surface area is 191 Å². The molecular formula is C24H25N5O2S. The molecule has 2 amide bonds. The lowest BCUT2D eigenvalue weighted by molar-refractivity contribution is 0.0601. The van der Waals surface area contributed by atoms with E-state index in [1.807, 2.05) is 41.5 Å². The van der Waals surface area contributed by atoms with Crippen LogP contribution in [0.25, 0.3) is 0 Å². The van der Waals surface area contributed by atoms with Crippen molar-refractivity contribution in [2.45, 2.75) is 36.8 Å². The number of thioether (sulfide) groups is 1. The van der Waals surface area contributed by atoms with Crippen molar-refractivity contribution >= 4 is 29.3 Å². The average Bonchev–Trinajstić information content (AvgIpc) is 3.51. The van der Waals surface area contributed by atoms with E-state index in [2.05, 4.69) is 21.2 Å². The van der Waals surface area contributed by atoms with E-state index in [1.165, 1.54) is 17.3 Å². The second kappa shape index (κ2) is 8.78. The molecule has 32 heavy (non-hydrogen) atoms. The number of hydrogen-bond donors (Lipinski definition) is 1. The van der Waals surface area contributed by atoms with Gasteiger partial charge in [0.25, 0.3) is 11.8 Å². The predicted octanol–water partition coefficient (Wildman–Crippen LogP) is 4.10. The van der Waals surface area contributed by atoms with Crippen molar-refractivity contribution in [1.82, 2.24) is 20.1 Å². The number of anilines is 1. The largest absolute Gasteiger partial charge is 0.330 e. The lowest BCUT2D eigenvalue weighted by Crippen LogP contribution is -2.39. The van der Waals surface area contributed by atoms with Gasteiger partial charge < -0.3 is 9.80 Å². The minimum Gasteiger partial charge on any atom is -0.330 e. The van der Waals surface area contributed by atoms with Gasteiger partial charge in [0.15, 0.2) is 5.69 Å². The molecule has 2 aromatic heterocycles. The van der Waals surface area contributed by atoms with E-state index in [0.29, 0.717) is 24.3 Å². The van der Waals surface area contributed by atoms with E-state index in [-0.39, 0.29) is 17.9 Å². The van der Waals surface area contributed by atoms with E-state index in [0.717, 1.165) is 42.1 Å². The van der Waals surface area contributed by atoms with E-state index >= 15 is 0 Å². The predicted molar refractivity (Wildman–Crippen MR) is 124 cm³/mol. The minimum absolute atomic E-state index is 0.0249. The average molecular weight is 448 g/mol. The molecule has 4 heterocycles. The van der Waals surface area contributed by atoms with Crippen LogP contribution in [0.4, 0.5) is 5.69 Å². The summed E-state index contributed by atoms with van der Waals surface area (Å²) < 4.78 is 0. The number of amides is 2. The van der Waals surface area contributed by atoms with Gasteiger partial charge in [0.05, 0.1) is 17.3 Å². The Hall–Kier alpha value is -3.13. The third kappa shape index (κ3) is 3.68. The van der Waals surface area contributed by atoms with Gasteiger partial charge in [0.1, 0.15) is 5.03 Å². The quantitative estimate of drug-likeness (QED) is 0.609. The third-order valence-corrected chi connectivity index (χ3v) is 6.98. The molecule has 1 aromatic carbocycles. The number of carbonyl (C=O) groups excluding carboxylic acids is 2. The van der Waals surface area contributed by atoms with Crippen molar-refractivity contribution in [1.29, 1.82) is 0 Å². The Kier molecular flexibility index (Phi) is 5.70. The number of rotatable bonds is 4. The summed E-state index contributed by atoms with van der Waals surface area (Å²) >= 11 is 1.47. The molecule has 3 aromatic rings. The first-order chi connectivity index (χ1) is 15.7. The van der Waals surface area contributed by atoms with Crippen LogP contribution in [-0.2, 0) is 6.42 Å². The maximum Gasteiger partial charge on any atom is 0.278 e. The molecule has 1 N–H and O–H groups in total. The number of benzene rings is 1. The zero-order valence-corrected chi connectivity index (χ0v) is 18.8. The summed E-state index contributed by atoms with van der Waals surface area (Å²) in [4.78, 5) is 34.6. The van der Waals surface area contributed by atoms with Crippen LogP contribution in [-0.4, -0.2) is 51.2 Å². The second-order valence-corrected chi connectivity index (χ2v) is 8.91. The first kappa shape index (κ1) is 20.8. The van der Waals surface area contributed by atoms with Crippen LogP contribution in [0.2, 0.25) is 0 Å². The number of hydrogen-bond acceptors (Lipinski definition) is 5. The number of aromatic amines is 1. The van der Waals surface area contributed by atoms with Gasteiger partial charge in [-0.2, -0.15) is 5.10 Å². The number of para-hydroxylation sites is 1. The van der Waals surface area contributed by atoms with Crippen molar-refractivity contribution < 1.29 is 9.59 Å². The zero-order chi connectivity index (χ0) is 22.1. The summed E-state index contributed by atoms with van der Waals surface area (Å²) in [6.07, 6.45) is 7.31. The Bertz CT molecular complexity index is 1160. The van der Waals surface area contributed by atoms with Gasteiger partial charge >= 0.3 is 0 Å². The van der Waals surface area contributed by atoms with Crippen LogP contribution >= 0.6 is 11.8 Å². The number of carbonyl (C=O) groups is 2. The van der Waals surface area contributed by atoms with Gasteiger partial charge in [-0.1, -0.05) is 18.2 Å². The molecule has 1 atom stereocenters. The summed E-state index contributed by atoms with van der Waals surface area (Å²) in [5, 5.41) is 8.13. The number of pyridine rings is 1. The second-order valence-electron chi connectivity index (χ2n) is 8.11. The number of aromatic nitrogens is 3. The molecule has 2 aliphatic heterocycles. The summed E-state index contributed by atoms with van der Waals surface area (Å²) in [7, 11) is 0. The van der Waals surface area contributed by atoms with Crippen molar-refractivity contribution in [2.24, 2.45) is 0 Å².